The molecule has 8 heteroatoms. The Bertz CT molecular complexity index is 828. The number of hydrogen-bond acceptors (Lipinski definition) is 4. The van der Waals surface area contributed by atoms with Gasteiger partial charge in [-0.05, 0) is 31.5 Å². The number of halogens is 1. The molecule has 1 aliphatic rings. The summed E-state index contributed by atoms with van der Waals surface area (Å²) in [5.74, 6) is -0.0661. The highest BCUT2D eigenvalue weighted by Crippen LogP contribution is 2.20. The van der Waals surface area contributed by atoms with Gasteiger partial charge in [0, 0.05) is 31.2 Å². The molecule has 1 aromatic heterocycles. The lowest BCUT2D eigenvalue weighted by molar-refractivity contribution is 0.0569. The number of rotatable bonds is 4. The minimum Gasteiger partial charge on any atom is -0.450 e. The minimum atomic E-state index is -0.326. The van der Waals surface area contributed by atoms with E-state index in [9.17, 15) is 9.59 Å². The number of ether oxygens (including phenoxy) is 1. The van der Waals surface area contributed by atoms with Crippen LogP contribution in [-0.4, -0.2) is 64.4 Å². The zero-order valence-electron chi connectivity index (χ0n) is 15.5. The van der Waals surface area contributed by atoms with Crippen LogP contribution in [0, 0.1) is 0 Å². The van der Waals surface area contributed by atoms with Gasteiger partial charge >= 0.3 is 6.09 Å². The Labute approximate surface area is 163 Å². The van der Waals surface area contributed by atoms with Crippen LogP contribution < -0.4 is 0 Å². The van der Waals surface area contributed by atoms with Gasteiger partial charge in [0.2, 0.25) is 0 Å². The van der Waals surface area contributed by atoms with Crippen molar-refractivity contribution in [1.82, 2.24) is 19.6 Å². The monoisotopic (exact) mass is 390 g/mol. The van der Waals surface area contributed by atoms with Crippen LogP contribution in [0.3, 0.4) is 0 Å². The van der Waals surface area contributed by atoms with E-state index in [1.54, 1.807) is 33.7 Å². The molecule has 7 nitrogen and oxygen atoms in total. The first kappa shape index (κ1) is 19.2. The molecule has 27 heavy (non-hydrogen) atoms. The van der Waals surface area contributed by atoms with E-state index in [4.69, 9.17) is 16.3 Å². The van der Waals surface area contributed by atoms with Gasteiger partial charge in [0.1, 0.15) is 0 Å². The fourth-order valence-corrected chi connectivity index (χ4v) is 3.38. The van der Waals surface area contributed by atoms with E-state index in [1.165, 1.54) is 0 Å². The van der Waals surface area contributed by atoms with E-state index in [0.29, 0.717) is 49.8 Å². The van der Waals surface area contributed by atoms with E-state index in [2.05, 4.69) is 5.10 Å². The molecule has 1 aromatic carbocycles. The van der Waals surface area contributed by atoms with E-state index in [1.807, 2.05) is 25.1 Å². The molecule has 2 amide bonds. The third kappa shape index (κ3) is 4.08. The first-order chi connectivity index (χ1) is 13.0. The summed E-state index contributed by atoms with van der Waals surface area (Å²) in [6.45, 7) is 6.00. The SMILES string of the molecule is CCOC(=O)N1CCN(C(=O)c2cnn(-c3cccc(Cl)c3)c2CC)CC1. The summed E-state index contributed by atoms with van der Waals surface area (Å²) in [5, 5.41) is 5.03. The molecule has 0 unspecified atom stereocenters. The molecule has 2 aromatic rings. The number of carbonyl (C=O) groups is 2. The van der Waals surface area contributed by atoms with Gasteiger partial charge in [-0.3, -0.25) is 4.79 Å². The van der Waals surface area contributed by atoms with Crippen LogP contribution in [0.1, 0.15) is 29.9 Å². The van der Waals surface area contributed by atoms with Crippen LogP contribution in [0.25, 0.3) is 5.69 Å². The maximum absolute atomic E-state index is 13.0. The molecule has 0 N–H and O–H groups in total. The maximum Gasteiger partial charge on any atom is 0.409 e. The normalized spacial score (nSPS) is 14.3. The van der Waals surface area contributed by atoms with Gasteiger partial charge in [-0.2, -0.15) is 5.10 Å². The van der Waals surface area contributed by atoms with Crippen LogP contribution in [0.5, 0.6) is 0 Å². The molecule has 1 fully saturated rings. The maximum atomic E-state index is 13.0. The van der Waals surface area contributed by atoms with Crippen molar-refractivity contribution in [2.45, 2.75) is 20.3 Å². The molecule has 1 aliphatic heterocycles. The van der Waals surface area contributed by atoms with Gasteiger partial charge in [-0.1, -0.05) is 24.6 Å². The van der Waals surface area contributed by atoms with Crippen molar-refractivity contribution >= 4 is 23.6 Å². The predicted molar refractivity (Wildman–Crippen MR) is 102 cm³/mol. The molecule has 1 saturated heterocycles. The third-order valence-electron chi connectivity index (χ3n) is 4.58. The molecule has 0 atom stereocenters. The summed E-state index contributed by atoms with van der Waals surface area (Å²) in [6, 6.07) is 7.38. The highest BCUT2D eigenvalue weighted by molar-refractivity contribution is 6.30. The highest BCUT2D eigenvalue weighted by Gasteiger charge is 2.28. The Hall–Kier alpha value is -2.54. The standard InChI is InChI=1S/C19H23ClN4O3/c1-3-17-16(13-21-24(17)15-7-5-6-14(20)12-15)18(25)22-8-10-23(11-9-22)19(26)27-4-2/h5-7,12-13H,3-4,8-11H2,1-2H3. The molecule has 0 bridgehead atoms. The zero-order chi connectivity index (χ0) is 19.4. The number of piperazine rings is 1. The quantitative estimate of drug-likeness (QED) is 0.804. The zero-order valence-corrected chi connectivity index (χ0v) is 16.3. The Kier molecular flexibility index (Phi) is 6.01. The van der Waals surface area contributed by atoms with Crippen molar-refractivity contribution in [3.05, 3.63) is 46.7 Å². The number of benzene rings is 1. The first-order valence-corrected chi connectivity index (χ1v) is 9.46. The number of hydrogen-bond donors (Lipinski definition) is 0. The molecular weight excluding hydrogens is 368 g/mol. The lowest BCUT2D eigenvalue weighted by Gasteiger charge is -2.34. The van der Waals surface area contributed by atoms with Crippen LogP contribution in [-0.2, 0) is 11.2 Å². The van der Waals surface area contributed by atoms with Crippen molar-refractivity contribution < 1.29 is 14.3 Å². The minimum absolute atomic E-state index is 0.0661. The lowest BCUT2D eigenvalue weighted by Crippen LogP contribution is -2.50. The molecule has 0 spiro atoms. The molecular formula is C19H23ClN4O3. The molecule has 0 saturated carbocycles. The van der Waals surface area contributed by atoms with Gasteiger partial charge in [0.15, 0.2) is 0 Å². The number of aromatic nitrogens is 2. The molecule has 0 radical (unpaired) electrons. The van der Waals surface area contributed by atoms with Crippen LogP contribution in [0.2, 0.25) is 5.02 Å². The Morgan fingerprint density at radius 1 is 1.15 bits per heavy atom. The van der Waals surface area contributed by atoms with Gasteiger partial charge < -0.3 is 14.5 Å². The molecule has 0 aliphatic carbocycles. The molecule has 2 heterocycles. The summed E-state index contributed by atoms with van der Waals surface area (Å²) in [4.78, 5) is 28.2. The van der Waals surface area contributed by atoms with Gasteiger partial charge in [0.05, 0.1) is 29.7 Å². The van der Waals surface area contributed by atoms with Crippen molar-refractivity contribution in [2.24, 2.45) is 0 Å². The van der Waals surface area contributed by atoms with Crippen LogP contribution >= 0.6 is 11.6 Å². The van der Waals surface area contributed by atoms with E-state index >= 15 is 0 Å². The highest BCUT2D eigenvalue weighted by atomic mass is 35.5. The molecule has 3 rings (SSSR count). The second-order valence-electron chi connectivity index (χ2n) is 6.23. The topological polar surface area (TPSA) is 67.7 Å². The summed E-state index contributed by atoms with van der Waals surface area (Å²) in [7, 11) is 0. The van der Waals surface area contributed by atoms with Gasteiger partial charge in [0.25, 0.3) is 5.91 Å². The second kappa shape index (κ2) is 8.43. The van der Waals surface area contributed by atoms with Crippen molar-refractivity contribution in [3.63, 3.8) is 0 Å². The number of carbonyl (C=O) groups excluding carboxylic acids is 2. The summed E-state index contributed by atoms with van der Waals surface area (Å²) in [5.41, 5.74) is 2.25. The number of nitrogens with zero attached hydrogens (tertiary/aromatic N) is 4. The largest absolute Gasteiger partial charge is 0.450 e. The number of amides is 2. The van der Waals surface area contributed by atoms with Crippen molar-refractivity contribution in [1.29, 1.82) is 0 Å². The fraction of sp³-hybridized carbons (Fsp3) is 0.421. The summed E-state index contributed by atoms with van der Waals surface area (Å²) < 4.78 is 6.78. The van der Waals surface area contributed by atoms with Crippen LogP contribution in [0.4, 0.5) is 4.79 Å². The van der Waals surface area contributed by atoms with Gasteiger partial charge in [-0.15, -0.1) is 0 Å². The summed E-state index contributed by atoms with van der Waals surface area (Å²) >= 11 is 6.08. The second-order valence-corrected chi connectivity index (χ2v) is 6.66. The predicted octanol–water partition coefficient (Wildman–Crippen LogP) is 3.00. The van der Waals surface area contributed by atoms with Crippen molar-refractivity contribution in [2.75, 3.05) is 32.8 Å². The van der Waals surface area contributed by atoms with E-state index in [0.717, 1.165) is 11.4 Å². The van der Waals surface area contributed by atoms with Gasteiger partial charge in [-0.25, -0.2) is 9.48 Å². The van der Waals surface area contributed by atoms with E-state index < -0.39 is 0 Å². The smallest absolute Gasteiger partial charge is 0.409 e. The van der Waals surface area contributed by atoms with Crippen LogP contribution in [0.15, 0.2) is 30.5 Å². The third-order valence-corrected chi connectivity index (χ3v) is 4.81. The fourth-order valence-electron chi connectivity index (χ4n) is 3.20. The Morgan fingerprint density at radius 3 is 2.48 bits per heavy atom. The van der Waals surface area contributed by atoms with E-state index in [-0.39, 0.29) is 12.0 Å². The van der Waals surface area contributed by atoms with Crippen molar-refractivity contribution in [3.8, 4) is 5.69 Å². The average Bonchev–Trinajstić information content (AvgIpc) is 3.12. The Morgan fingerprint density at radius 2 is 1.85 bits per heavy atom. The molecule has 144 valence electrons. The Balaban J connectivity index is 1.75. The average molecular weight is 391 g/mol. The lowest BCUT2D eigenvalue weighted by atomic mass is 10.1. The summed E-state index contributed by atoms with van der Waals surface area (Å²) in [6.07, 6.45) is 1.95. The first-order valence-electron chi connectivity index (χ1n) is 9.09.